The largest absolute Gasteiger partial charge is 0.267 e. The summed E-state index contributed by atoms with van der Waals surface area (Å²) < 4.78 is 18.8. The van der Waals surface area contributed by atoms with E-state index in [1.165, 1.54) is 0 Å². The van der Waals surface area contributed by atoms with Crippen LogP contribution in [0.1, 0.15) is 0 Å². The van der Waals surface area contributed by atoms with Crippen LogP contribution in [0.4, 0.5) is 0 Å². The fourth-order valence-corrected chi connectivity index (χ4v) is 12.7. The van der Waals surface area contributed by atoms with Crippen LogP contribution in [-0.4, -0.2) is 49.6 Å². The summed E-state index contributed by atoms with van der Waals surface area (Å²) in [6, 6.07) is 0. The Morgan fingerprint density at radius 2 is 1.28 bits per heavy atom. The van der Waals surface area contributed by atoms with Gasteiger partial charge in [-0.2, -0.15) is 13.5 Å². The Bertz CT molecular complexity index is 505. The summed E-state index contributed by atoms with van der Waals surface area (Å²) in [5.74, 6) is 0. The van der Waals surface area contributed by atoms with E-state index in [-0.39, 0.29) is 0 Å². The van der Waals surface area contributed by atoms with Crippen molar-refractivity contribution in [1.29, 1.82) is 0 Å². The van der Waals surface area contributed by atoms with E-state index in [0.29, 0.717) is 0 Å². The van der Waals surface area contributed by atoms with Crippen molar-refractivity contribution in [2.24, 2.45) is 24.6 Å². The number of nitrogens with two attached hydrogens (primary N) is 2. The van der Waals surface area contributed by atoms with E-state index in [4.69, 9.17) is 20.0 Å². The van der Waals surface area contributed by atoms with Crippen molar-refractivity contribution >= 4 is 22.5 Å². The van der Waals surface area contributed by atoms with Gasteiger partial charge in [0, 0.05) is 26.2 Å². The molecule has 0 radical (unpaired) electrons. The molecule has 2 saturated heterocycles. The summed E-state index contributed by atoms with van der Waals surface area (Å²) >= 11 is 0. The normalized spacial score (nSPS) is 42.7. The van der Waals surface area contributed by atoms with Crippen LogP contribution in [0, 0.1) is 0 Å². The van der Waals surface area contributed by atoms with E-state index in [0.717, 1.165) is 26.2 Å². The Kier molecular flexibility index (Phi) is 3.15. The maximum Gasteiger partial charge on any atom is 0.221 e. The van der Waals surface area contributed by atoms with E-state index in [2.05, 4.69) is 24.0 Å². The van der Waals surface area contributed by atoms with Gasteiger partial charge in [-0.05, 0) is 14.1 Å². The van der Waals surface area contributed by atoms with E-state index >= 15 is 0 Å². The minimum absolute atomic E-state index is 1.03. The van der Waals surface area contributed by atoms with Crippen LogP contribution in [-0.2, 0) is 0 Å². The van der Waals surface area contributed by atoms with Crippen LogP contribution in [0.2, 0.25) is 0 Å². The lowest BCUT2D eigenvalue weighted by molar-refractivity contribution is 0.777. The van der Waals surface area contributed by atoms with E-state index in [9.17, 15) is 0 Å². The average Bonchev–Trinajstić information content (AvgIpc) is 3.19. The molecule has 3 aliphatic heterocycles. The highest BCUT2D eigenvalue weighted by Gasteiger charge is 2.49. The van der Waals surface area contributed by atoms with Crippen molar-refractivity contribution in [2.45, 2.75) is 0 Å². The Hall–Kier alpha value is 0.450. The minimum Gasteiger partial charge on any atom is -0.267 e. The Labute approximate surface area is 107 Å². The van der Waals surface area contributed by atoms with Gasteiger partial charge in [0.05, 0.1) is 0 Å². The van der Waals surface area contributed by atoms with Gasteiger partial charge in [0.1, 0.15) is 0 Å². The molecule has 3 aliphatic rings. The number of nitrogens with one attached hydrogen (secondary N) is 2. The highest BCUT2D eigenvalue weighted by atomic mass is 31.3. The first-order chi connectivity index (χ1) is 8.45. The topological polar surface area (TPSA) is 119 Å². The monoisotopic (exact) mass is 311 g/mol. The summed E-state index contributed by atoms with van der Waals surface area (Å²) in [5, 5.41) is 6.14. The Balaban J connectivity index is 2.22. The molecular weight excluding hydrogens is 291 g/mol. The van der Waals surface area contributed by atoms with E-state index in [1.807, 2.05) is 0 Å². The summed E-state index contributed by atoms with van der Waals surface area (Å²) in [7, 11) is -3.24. The van der Waals surface area contributed by atoms with E-state index in [1.54, 1.807) is 14.1 Å². The molecule has 0 aromatic heterocycles. The summed E-state index contributed by atoms with van der Waals surface area (Å²) in [6.45, 7) is 4.13. The molecule has 2 fully saturated rings. The molecule has 3 rings (SSSR count). The number of nitrogens with zero attached hydrogens (tertiary/aromatic N) is 5. The third kappa shape index (κ3) is 2.18. The molecule has 0 bridgehead atoms. The summed E-state index contributed by atoms with van der Waals surface area (Å²) in [5.41, 5.74) is 12.6. The fraction of sp³-hybridized carbons (Fsp3) is 1.00. The number of hydrogen-bond acceptors (Lipinski definition) is 9. The van der Waals surface area contributed by atoms with E-state index < -0.39 is 22.5 Å². The number of rotatable bonds is 4. The lowest BCUT2D eigenvalue weighted by atomic mass is 11.0. The molecule has 0 amide bonds. The highest BCUT2D eigenvalue weighted by Crippen LogP contribution is 2.76. The first-order valence-electron chi connectivity index (χ1n) is 5.83. The molecule has 0 unspecified atom stereocenters. The molecule has 0 aliphatic carbocycles. The van der Waals surface area contributed by atoms with Crippen molar-refractivity contribution in [1.82, 2.24) is 19.5 Å². The van der Waals surface area contributed by atoms with Gasteiger partial charge in [0.15, 0.2) is 0 Å². The van der Waals surface area contributed by atoms with Gasteiger partial charge < -0.3 is 0 Å². The van der Waals surface area contributed by atoms with Crippen molar-refractivity contribution in [3.63, 3.8) is 0 Å². The number of hydrogen-bond donors (Lipinski definition) is 4. The zero-order valence-corrected chi connectivity index (χ0v) is 13.2. The molecule has 0 saturated carbocycles. The van der Waals surface area contributed by atoms with Crippen molar-refractivity contribution in [3.05, 3.63) is 0 Å². The SMILES string of the molecule is CN[P@@]1(N)=NP(N2CC2)(N2CC2)=N[P@](N)(NC)=N1. The van der Waals surface area contributed by atoms with Gasteiger partial charge in [0.2, 0.25) is 22.5 Å². The third-order valence-corrected chi connectivity index (χ3v) is 13.0. The second-order valence-electron chi connectivity index (χ2n) is 4.46. The molecule has 0 aromatic carbocycles. The lowest BCUT2D eigenvalue weighted by Crippen LogP contribution is -2.19. The zero-order chi connectivity index (χ0) is 13.0. The van der Waals surface area contributed by atoms with Crippen molar-refractivity contribution in [2.75, 3.05) is 40.3 Å². The molecular formula is C6H20N9P3. The van der Waals surface area contributed by atoms with Gasteiger partial charge in [-0.3, -0.25) is 21.2 Å². The Morgan fingerprint density at radius 1 is 0.833 bits per heavy atom. The lowest BCUT2D eigenvalue weighted by Gasteiger charge is -2.33. The maximum absolute atomic E-state index is 6.31. The van der Waals surface area contributed by atoms with Crippen molar-refractivity contribution < 1.29 is 0 Å². The molecule has 104 valence electrons. The quantitative estimate of drug-likeness (QED) is 0.451. The molecule has 3 heterocycles. The fourth-order valence-electron chi connectivity index (χ4n) is 1.84. The molecule has 12 heteroatoms. The minimum atomic E-state index is -2.40. The predicted molar refractivity (Wildman–Crippen MR) is 77.7 cm³/mol. The highest BCUT2D eigenvalue weighted by molar-refractivity contribution is 7.83. The third-order valence-electron chi connectivity index (χ3n) is 3.05. The maximum atomic E-state index is 6.31. The van der Waals surface area contributed by atoms with Crippen LogP contribution >= 0.6 is 22.5 Å². The van der Waals surface area contributed by atoms with Gasteiger partial charge in [-0.1, -0.05) is 0 Å². The molecule has 2 atom stereocenters. The van der Waals surface area contributed by atoms with Crippen LogP contribution in [0.5, 0.6) is 0 Å². The van der Waals surface area contributed by atoms with Gasteiger partial charge in [-0.25, -0.2) is 9.34 Å². The molecule has 0 aromatic rings. The average molecular weight is 311 g/mol. The second-order valence-corrected chi connectivity index (χ2v) is 12.3. The summed E-state index contributed by atoms with van der Waals surface area (Å²) in [4.78, 5) is 0. The first kappa shape index (κ1) is 13.4. The first-order valence-corrected chi connectivity index (χ1v) is 11.0. The smallest absolute Gasteiger partial charge is 0.221 e. The van der Waals surface area contributed by atoms with Crippen LogP contribution in [0.25, 0.3) is 0 Å². The van der Waals surface area contributed by atoms with Gasteiger partial charge in [0.25, 0.3) is 0 Å². The second kappa shape index (κ2) is 4.22. The standard InChI is InChI=1S/C6H20N9P3/c1-9-16(7)11-17(8,10-2)13-18(12-16,14-3-4-14)15-5-6-15/h9-10H,3-8H2,1-2H3/t16-,17-/m1/s1. The molecule has 0 spiro atoms. The van der Waals surface area contributed by atoms with Crippen LogP contribution < -0.4 is 21.2 Å². The summed E-state index contributed by atoms with van der Waals surface area (Å²) in [6.07, 6.45) is 0. The Morgan fingerprint density at radius 3 is 1.67 bits per heavy atom. The van der Waals surface area contributed by atoms with Crippen molar-refractivity contribution in [3.8, 4) is 0 Å². The zero-order valence-electron chi connectivity index (χ0n) is 10.6. The van der Waals surface area contributed by atoms with Gasteiger partial charge in [-0.15, -0.1) is 0 Å². The molecule has 18 heavy (non-hydrogen) atoms. The molecule has 9 nitrogen and oxygen atoms in total. The van der Waals surface area contributed by atoms with Gasteiger partial charge >= 0.3 is 0 Å². The van der Waals surface area contributed by atoms with Crippen LogP contribution in [0.3, 0.4) is 0 Å². The predicted octanol–water partition coefficient (Wildman–Crippen LogP) is 0.826. The molecule has 6 N–H and O–H groups in total. The van der Waals surface area contributed by atoms with Crippen LogP contribution in [0.15, 0.2) is 13.5 Å².